The SMILES string of the molecule is O=C(O)CNC(=O)C(c1ccccc1)N1CCC(c2ccc(NC(=O)c3ccccc3-c3ccc(C(F)(F)F)cc3)cc2)CC1. The van der Waals surface area contributed by atoms with Crippen LogP contribution in [-0.4, -0.2) is 47.4 Å². The van der Waals surface area contributed by atoms with Crippen LogP contribution in [0.5, 0.6) is 0 Å². The second kappa shape index (κ2) is 13.8. The first-order valence-corrected chi connectivity index (χ1v) is 14.6. The molecule has 7 nitrogen and oxygen atoms in total. The summed E-state index contributed by atoms with van der Waals surface area (Å²) < 4.78 is 39.0. The fourth-order valence-corrected chi connectivity index (χ4v) is 5.72. The third-order valence-electron chi connectivity index (χ3n) is 8.01. The summed E-state index contributed by atoms with van der Waals surface area (Å²) in [5.74, 6) is -1.58. The van der Waals surface area contributed by atoms with E-state index in [4.69, 9.17) is 5.11 Å². The van der Waals surface area contributed by atoms with Crippen molar-refractivity contribution in [2.45, 2.75) is 31.0 Å². The van der Waals surface area contributed by atoms with Crippen LogP contribution in [-0.2, 0) is 15.8 Å². The molecule has 0 radical (unpaired) electrons. The number of nitrogens with zero attached hydrogens (tertiary/aromatic N) is 1. The molecule has 2 amide bonds. The van der Waals surface area contributed by atoms with E-state index in [-0.39, 0.29) is 17.7 Å². The molecule has 1 heterocycles. The van der Waals surface area contributed by atoms with Gasteiger partial charge in [0.2, 0.25) is 5.91 Å². The number of rotatable bonds is 9. The smallest absolute Gasteiger partial charge is 0.416 e. The molecule has 1 unspecified atom stereocenters. The van der Waals surface area contributed by atoms with Crippen molar-refractivity contribution in [2.75, 3.05) is 25.0 Å². The molecule has 1 atom stereocenters. The van der Waals surface area contributed by atoms with E-state index in [1.807, 2.05) is 54.6 Å². The quantitative estimate of drug-likeness (QED) is 0.194. The summed E-state index contributed by atoms with van der Waals surface area (Å²) in [6, 6.07) is 27.8. The molecule has 1 fully saturated rings. The summed E-state index contributed by atoms with van der Waals surface area (Å²) in [4.78, 5) is 39.3. The first kappa shape index (κ1) is 31.5. The number of nitrogens with one attached hydrogen (secondary N) is 2. The molecule has 0 aromatic heterocycles. The number of likely N-dealkylation sites (tertiary alicyclic amines) is 1. The summed E-state index contributed by atoms with van der Waals surface area (Å²) in [5, 5.41) is 14.4. The molecule has 0 aliphatic carbocycles. The van der Waals surface area contributed by atoms with Crippen molar-refractivity contribution in [1.82, 2.24) is 10.2 Å². The van der Waals surface area contributed by atoms with Crippen LogP contribution in [0.25, 0.3) is 11.1 Å². The Morgan fingerprint density at radius 3 is 2.07 bits per heavy atom. The fraction of sp³-hybridized carbons (Fsp3) is 0.229. The number of alkyl halides is 3. The van der Waals surface area contributed by atoms with Crippen molar-refractivity contribution < 1.29 is 32.7 Å². The van der Waals surface area contributed by atoms with Gasteiger partial charge in [0, 0.05) is 11.3 Å². The standard InChI is InChI=1S/C35H32F3N3O4/c36-35(37,38)27-14-10-25(11-15-27)29-8-4-5-9-30(29)33(44)40-28-16-12-23(13-17-28)24-18-20-41(21-19-24)32(26-6-2-1-3-7-26)34(45)39-22-31(42)43/h1-17,24,32H,18-22H2,(H,39,45)(H,40,44)(H,42,43). The van der Waals surface area contributed by atoms with Gasteiger partial charge in [0.25, 0.3) is 5.91 Å². The average molecular weight is 616 g/mol. The van der Waals surface area contributed by atoms with Crippen molar-refractivity contribution in [3.8, 4) is 11.1 Å². The van der Waals surface area contributed by atoms with E-state index < -0.39 is 30.3 Å². The van der Waals surface area contributed by atoms with Crippen molar-refractivity contribution >= 4 is 23.5 Å². The van der Waals surface area contributed by atoms with E-state index in [1.165, 1.54) is 12.1 Å². The molecule has 1 aliphatic heterocycles. The third-order valence-corrected chi connectivity index (χ3v) is 8.01. The lowest BCUT2D eigenvalue weighted by Gasteiger charge is -2.37. The topological polar surface area (TPSA) is 98.7 Å². The summed E-state index contributed by atoms with van der Waals surface area (Å²) in [6.45, 7) is 0.843. The van der Waals surface area contributed by atoms with Gasteiger partial charge < -0.3 is 15.7 Å². The molecular weight excluding hydrogens is 583 g/mol. The lowest BCUT2D eigenvalue weighted by molar-refractivity contribution is -0.139. The number of carboxylic acid groups (broad SMARTS) is 1. The maximum atomic E-state index is 13.2. The molecule has 1 saturated heterocycles. The third kappa shape index (κ3) is 7.77. The van der Waals surface area contributed by atoms with E-state index >= 15 is 0 Å². The number of carbonyl (C=O) groups excluding carboxylic acids is 2. The monoisotopic (exact) mass is 615 g/mol. The molecule has 4 aromatic carbocycles. The minimum Gasteiger partial charge on any atom is -0.480 e. The van der Waals surface area contributed by atoms with Gasteiger partial charge in [0.05, 0.1) is 5.56 Å². The van der Waals surface area contributed by atoms with Crippen molar-refractivity contribution in [1.29, 1.82) is 0 Å². The van der Waals surface area contributed by atoms with Crippen LogP contribution >= 0.6 is 0 Å². The van der Waals surface area contributed by atoms with Crippen molar-refractivity contribution in [3.05, 3.63) is 125 Å². The number of carboxylic acids is 1. The summed E-state index contributed by atoms with van der Waals surface area (Å²) in [5.41, 5.74) is 3.11. The Labute approximate surface area is 258 Å². The lowest BCUT2D eigenvalue weighted by atomic mass is 9.88. The Kier molecular flexibility index (Phi) is 9.63. The Balaban J connectivity index is 1.23. The lowest BCUT2D eigenvalue weighted by Crippen LogP contribution is -2.45. The first-order chi connectivity index (χ1) is 21.6. The number of benzene rings is 4. The van der Waals surface area contributed by atoms with Crippen LogP contribution in [0.15, 0.2) is 103 Å². The zero-order valence-electron chi connectivity index (χ0n) is 24.3. The number of aliphatic carboxylic acids is 1. The van der Waals surface area contributed by atoms with Gasteiger partial charge in [0.1, 0.15) is 12.6 Å². The van der Waals surface area contributed by atoms with Gasteiger partial charge in [0.15, 0.2) is 0 Å². The molecule has 1 aliphatic rings. The minimum atomic E-state index is -4.44. The number of hydrogen-bond donors (Lipinski definition) is 3. The van der Waals surface area contributed by atoms with E-state index in [2.05, 4.69) is 15.5 Å². The number of amides is 2. The number of hydrogen-bond acceptors (Lipinski definition) is 4. The summed E-state index contributed by atoms with van der Waals surface area (Å²) in [7, 11) is 0. The highest BCUT2D eigenvalue weighted by Gasteiger charge is 2.32. The second-order valence-electron chi connectivity index (χ2n) is 10.9. The van der Waals surface area contributed by atoms with E-state index in [1.54, 1.807) is 24.3 Å². The number of carbonyl (C=O) groups is 3. The molecule has 10 heteroatoms. The maximum absolute atomic E-state index is 13.2. The highest BCUT2D eigenvalue weighted by molar-refractivity contribution is 6.08. The van der Waals surface area contributed by atoms with Crippen LogP contribution in [0, 0.1) is 0 Å². The number of anilines is 1. The minimum absolute atomic E-state index is 0.241. The Bertz CT molecular complexity index is 1630. The maximum Gasteiger partial charge on any atom is 0.416 e. The summed E-state index contributed by atoms with van der Waals surface area (Å²) in [6.07, 6.45) is -2.85. The molecule has 232 valence electrons. The zero-order chi connectivity index (χ0) is 32.0. The van der Waals surface area contributed by atoms with Gasteiger partial charge >= 0.3 is 12.1 Å². The summed E-state index contributed by atoms with van der Waals surface area (Å²) >= 11 is 0. The van der Waals surface area contributed by atoms with Gasteiger partial charge in [-0.2, -0.15) is 13.2 Å². The highest BCUT2D eigenvalue weighted by atomic mass is 19.4. The molecular formula is C35H32F3N3O4. The number of halogens is 3. The van der Waals surface area contributed by atoms with Gasteiger partial charge in [-0.15, -0.1) is 0 Å². The zero-order valence-corrected chi connectivity index (χ0v) is 24.3. The Morgan fingerprint density at radius 1 is 0.822 bits per heavy atom. The largest absolute Gasteiger partial charge is 0.480 e. The highest BCUT2D eigenvalue weighted by Crippen LogP contribution is 2.34. The average Bonchev–Trinajstić information content (AvgIpc) is 3.05. The molecule has 0 saturated carbocycles. The van der Waals surface area contributed by atoms with Crippen molar-refractivity contribution in [2.24, 2.45) is 0 Å². The van der Waals surface area contributed by atoms with Crippen LogP contribution in [0.3, 0.4) is 0 Å². The van der Waals surface area contributed by atoms with Crippen LogP contribution in [0.4, 0.5) is 18.9 Å². The van der Waals surface area contributed by atoms with Crippen LogP contribution < -0.4 is 10.6 Å². The molecule has 0 spiro atoms. The second-order valence-corrected chi connectivity index (χ2v) is 10.9. The number of piperidine rings is 1. The normalized spacial score (nSPS) is 14.8. The van der Waals surface area contributed by atoms with Crippen molar-refractivity contribution in [3.63, 3.8) is 0 Å². The molecule has 45 heavy (non-hydrogen) atoms. The predicted molar refractivity (Wildman–Crippen MR) is 165 cm³/mol. The Morgan fingerprint density at radius 2 is 1.44 bits per heavy atom. The van der Waals surface area contributed by atoms with E-state index in [0.717, 1.165) is 36.1 Å². The van der Waals surface area contributed by atoms with Gasteiger partial charge in [-0.3, -0.25) is 19.3 Å². The van der Waals surface area contributed by atoms with E-state index in [9.17, 15) is 27.6 Å². The van der Waals surface area contributed by atoms with Gasteiger partial charge in [-0.1, -0.05) is 72.8 Å². The first-order valence-electron chi connectivity index (χ1n) is 14.6. The predicted octanol–water partition coefficient (Wildman–Crippen LogP) is 6.75. The van der Waals surface area contributed by atoms with Gasteiger partial charge in [-0.25, -0.2) is 0 Å². The van der Waals surface area contributed by atoms with E-state index in [0.29, 0.717) is 35.5 Å². The van der Waals surface area contributed by atoms with Crippen LogP contribution in [0.2, 0.25) is 0 Å². The molecule has 0 bridgehead atoms. The molecule has 5 rings (SSSR count). The van der Waals surface area contributed by atoms with Gasteiger partial charge in [-0.05, 0) is 84.4 Å². The molecule has 3 N–H and O–H groups in total. The Hall–Kier alpha value is -4.96. The fourth-order valence-electron chi connectivity index (χ4n) is 5.72. The van der Waals surface area contributed by atoms with Crippen LogP contribution in [0.1, 0.15) is 51.8 Å². The molecule has 4 aromatic rings.